The molecular formula is C9H13ClN2O. The number of hydrogen-bond donors (Lipinski definition) is 1. The fourth-order valence-corrected chi connectivity index (χ4v) is 0.967. The maximum Gasteiger partial charge on any atom is 0.214 e. The average Bonchev–Trinajstić information content (AvgIpc) is 2.15. The van der Waals surface area contributed by atoms with E-state index in [4.69, 9.17) is 16.3 Å². The minimum atomic E-state index is 0.110. The fourth-order valence-electron chi connectivity index (χ4n) is 0.890. The lowest BCUT2D eigenvalue weighted by Crippen LogP contribution is -2.10. The highest BCUT2D eigenvalue weighted by Gasteiger charge is 1.98. The van der Waals surface area contributed by atoms with Gasteiger partial charge >= 0.3 is 0 Å². The molecule has 72 valence electrons. The molecule has 0 amide bonds. The molecule has 1 rings (SSSR count). The first-order valence-corrected chi connectivity index (χ1v) is 4.54. The van der Waals surface area contributed by atoms with E-state index in [1.54, 1.807) is 13.3 Å². The summed E-state index contributed by atoms with van der Waals surface area (Å²) in [6.07, 6.45) is 1.69. The Morgan fingerprint density at radius 2 is 2.46 bits per heavy atom. The molecule has 0 aliphatic heterocycles. The maximum atomic E-state index is 5.79. The molecule has 0 bridgehead atoms. The molecule has 1 aromatic rings. The molecule has 0 spiro atoms. The molecule has 1 heterocycles. The molecule has 0 radical (unpaired) electrons. The van der Waals surface area contributed by atoms with Crippen molar-refractivity contribution in [2.75, 3.05) is 19.0 Å². The van der Waals surface area contributed by atoms with Crippen LogP contribution in [0.15, 0.2) is 18.3 Å². The van der Waals surface area contributed by atoms with E-state index in [9.17, 15) is 0 Å². The number of rotatable bonds is 4. The summed E-state index contributed by atoms with van der Waals surface area (Å²) < 4.78 is 4.98. The lowest BCUT2D eigenvalue weighted by Gasteiger charge is -2.07. The monoisotopic (exact) mass is 200 g/mol. The zero-order valence-corrected chi connectivity index (χ0v) is 8.51. The highest BCUT2D eigenvalue weighted by atomic mass is 35.5. The molecule has 0 aromatic carbocycles. The van der Waals surface area contributed by atoms with Crippen molar-refractivity contribution < 1.29 is 4.74 Å². The first-order chi connectivity index (χ1) is 6.22. The van der Waals surface area contributed by atoms with Crippen LogP contribution in [0, 0.1) is 0 Å². The Morgan fingerprint density at radius 3 is 3.08 bits per heavy atom. The first kappa shape index (κ1) is 10.1. The Hall–Kier alpha value is -0.960. The second-order valence-electron chi connectivity index (χ2n) is 2.75. The Balaban J connectivity index is 2.56. The third kappa shape index (κ3) is 3.51. The van der Waals surface area contributed by atoms with Crippen molar-refractivity contribution in [1.82, 2.24) is 4.98 Å². The van der Waals surface area contributed by atoms with Gasteiger partial charge in [0.05, 0.1) is 7.11 Å². The minimum absolute atomic E-state index is 0.110. The van der Waals surface area contributed by atoms with Crippen LogP contribution in [0.4, 0.5) is 5.69 Å². The SMILES string of the molecule is COc1cc(NCC(C)Cl)ccn1. The van der Waals surface area contributed by atoms with Crippen molar-refractivity contribution in [2.45, 2.75) is 12.3 Å². The van der Waals surface area contributed by atoms with Crippen molar-refractivity contribution in [2.24, 2.45) is 0 Å². The van der Waals surface area contributed by atoms with Gasteiger partial charge in [-0.15, -0.1) is 11.6 Å². The fraction of sp³-hybridized carbons (Fsp3) is 0.444. The van der Waals surface area contributed by atoms with Gasteiger partial charge in [0.1, 0.15) is 0 Å². The molecule has 1 aromatic heterocycles. The molecule has 0 saturated carbocycles. The number of hydrogen-bond acceptors (Lipinski definition) is 3. The van der Waals surface area contributed by atoms with E-state index in [0.717, 1.165) is 12.2 Å². The summed E-state index contributed by atoms with van der Waals surface area (Å²) in [4.78, 5) is 3.99. The summed E-state index contributed by atoms with van der Waals surface area (Å²) in [5.74, 6) is 0.604. The van der Waals surface area contributed by atoms with Crippen LogP contribution < -0.4 is 10.1 Å². The first-order valence-electron chi connectivity index (χ1n) is 4.10. The minimum Gasteiger partial charge on any atom is -0.481 e. The van der Waals surface area contributed by atoms with Crippen LogP contribution >= 0.6 is 11.6 Å². The van der Waals surface area contributed by atoms with Gasteiger partial charge in [-0.3, -0.25) is 0 Å². The zero-order chi connectivity index (χ0) is 9.68. The molecule has 3 nitrogen and oxygen atoms in total. The molecular weight excluding hydrogens is 188 g/mol. The maximum absolute atomic E-state index is 5.79. The number of nitrogens with zero attached hydrogens (tertiary/aromatic N) is 1. The van der Waals surface area contributed by atoms with Gasteiger partial charge < -0.3 is 10.1 Å². The smallest absolute Gasteiger partial charge is 0.214 e. The molecule has 13 heavy (non-hydrogen) atoms. The summed E-state index contributed by atoms with van der Waals surface area (Å²) in [6.45, 7) is 2.67. The quantitative estimate of drug-likeness (QED) is 0.757. The molecule has 4 heteroatoms. The van der Waals surface area contributed by atoms with Crippen LogP contribution in [0.25, 0.3) is 0 Å². The second kappa shape index (κ2) is 4.92. The second-order valence-corrected chi connectivity index (χ2v) is 3.49. The normalized spacial score (nSPS) is 12.2. The molecule has 0 aliphatic rings. The summed E-state index contributed by atoms with van der Waals surface area (Å²) >= 11 is 5.79. The van der Waals surface area contributed by atoms with Gasteiger partial charge in [-0.2, -0.15) is 0 Å². The van der Waals surface area contributed by atoms with E-state index in [2.05, 4.69) is 10.3 Å². The molecule has 0 aliphatic carbocycles. The molecule has 1 unspecified atom stereocenters. The van der Waals surface area contributed by atoms with Gasteiger partial charge in [-0.05, 0) is 13.0 Å². The lowest BCUT2D eigenvalue weighted by atomic mass is 10.3. The number of alkyl halides is 1. The van der Waals surface area contributed by atoms with E-state index in [-0.39, 0.29) is 5.38 Å². The number of anilines is 1. The summed E-state index contributed by atoms with van der Waals surface area (Å²) in [5.41, 5.74) is 0.972. The number of ether oxygens (including phenoxy) is 1. The zero-order valence-electron chi connectivity index (χ0n) is 7.75. The summed E-state index contributed by atoms with van der Waals surface area (Å²) in [7, 11) is 1.59. The topological polar surface area (TPSA) is 34.1 Å². The molecule has 1 N–H and O–H groups in total. The summed E-state index contributed by atoms with van der Waals surface area (Å²) in [6, 6.07) is 3.71. The number of pyridine rings is 1. The predicted octanol–water partition coefficient (Wildman–Crippen LogP) is 2.13. The van der Waals surface area contributed by atoms with Gasteiger partial charge in [0, 0.05) is 29.9 Å². The van der Waals surface area contributed by atoms with E-state index >= 15 is 0 Å². The number of halogens is 1. The standard InChI is InChI=1S/C9H13ClN2O/c1-7(10)6-12-8-3-4-11-9(5-8)13-2/h3-5,7H,6H2,1-2H3,(H,11,12). The summed E-state index contributed by atoms with van der Waals surface area (Å²) in [5, 5.41) is 3.28. The van der Waals surface area contributed by atoms with Crippen molar-refractivity contribution in [3.05, 3.63) is 18.3 Å². The van der Waals surface area contributed by atoms with Crippen molar-refractivity contribution >= 4 is 17.3 Å². The number of nitrogens with one attached hydrogen (secondary N) is 1. The van der Waals surface area contributed by atoms with Gasteiger partial charge in [-0.25, -0.2) is 4.98 Å². The number of methoxy groups -OCH3 is 1. The van der Waals surface area contributed by atoms with Crippen LogP contribution in [0.1, 0.15) is 6.92 Å². The molecule has 0 saturated heterocycles. The van der Waals surface area contributed by atoms with Gasteiger partial charge in [0.25, 0.3) is 0 Å². The molecule has 0 fully saturated rings. The van der Waals surface area contributed by atoms with Crippen molar-refractivity contribution in [3.63, 3.8) is 0 Å². The third-order valence-electron chi connectivity index (χ3n) is 1.53. The van der Waals surface area contributed by atoms with Crippen molar-refractivity contribution in [3.8, 4) is 5.88 Å². The van der Waals surface area contributed by atoms with Crippen LogP contribution in [-0.4, -0.2) is 24.0 Å². The Morgan fingerprint density at radius 1 is 1.69 bits per heavy atom. The largest absolute Gasteiger partial charge is 0.481 e. The van der Waals surface area contributed by atoms with E-state index in [0.29, 0.717) is 5.88 Å². The van der Waals surface area contributed by atoms with Gasteiger partial charge in [-0.1, -0.05) is 0 Å². The van der Waals surface area contributed by atoms with Crippen LogP contribution in [0.3, 0.4) is 0 Å². The van der Waals surface area contributed by atoms with Crippen LogP contribution in [-0.2, 0) is 0 Å². The van der Waals surface area contributed by atoms with Crippen molar-refractivity contribution in [1.29, 1.82) is 0 Å². The lowest BCUT2D eigenvalue weighted by molar-refractivity contribution is 0.398. The predicted molar refractivity (Wildman–Crippen MR) is 54.6 cm³/mol. The van der Waals surface area contributed by atoms with Gasteiger partial charge in [0.15, 0.2) is 0 Å². The van der Waals surface area contributed by atoms with E-state index in [1.807, 2.05) is 19.1 Å². The Kier molecular flexibility index (Phi) is 3.83. The molecule has 1 atom stereocenters. The van der Waals surface area contributed by atoms with E-state index in [1.165, 1.54) is 0 Å². The van der Waals surface area contributed by atoms with Crippen LogP contribution in [0.2, 0.25) is 0 Å². The Labute approximate surface area is 83.1 Å². The van der Waals surface area contributed by atoms with Crippen LogP contribution in [0.5, 0.6) is 5.88 Å². The average molecular weight is 201 g/mol. The highest BCUT2D eigenvalue weighted by Crippen LogP contribution is 2.13. The van der Waals surface area contributed by atoms with Gasteiger partial charge in [0.2, 0.25) is 5.88 Å². The highest BCUT2D eigenvalue weighted by molar-refractivity contribution is 6.20. The van der Waals surface area contributed by atoms with E-state index < -0.39 is 0 Å². The third-order valence-corrected chi connectivity index (χ3v) is 1.69. The number of aromatic nitrogens is 1. The Bertz CT molecular complexity index is 266.